The molecule has 0 saturated carbocycles. The monoisotopic (exact) mass is 676 g/mol. The van der Waals surface area contributed by atoms with Gasteiger partial charge in [-0.1, -0.05) is 72.8 Å². The summed E-state index contributed by atoms with van der Waals surface area (Å²) in [6.45, 7) is 10.4. The number of benzene rings is 4. The van der Waals surface area contributed by atoms with Gasteiger partial charge >= 0.3 is 0 Å². The van der Waals surface area contributed by atoms with E-state index in [1.165, 1.54) is 41.1 Å². The summed E-state index contributed by atoms with van der Waals surface area (Å²) in [6, 6.07) is 33.7. The highest BCUT2D eigenvalue weighted by atomic mass is 32.1. The van der Waals surface area contributed by atoms with Gasteiger partial charge in [-0.25, -0.2) is 0 Å². The van der Waals surface area contributed by atoms with Crippen molar-refractivity contribution in [3.05, 3.63) is 97.1 Å². The summed E-state index contributed by atoms with van der Waals surface area (Å²) in [5.74, 6) is 3.35. The first-order valence-corrected chi connectivity index (χ1v) is 18.5. The Balaban J connectivity index is 1.59. The van der Waals surface area contributed by atoms with Gasteiger partial charge in [-0.3, -0.25) is 0 Å². The van der Waals surface area contributed by atoms with Crippen LogP contribution in [-0.4, -0.2) is 26.4 Å². The summed E-state index contributed by atoms with van der Waals surface area (Å²) >= 11 is 5.53. The number of ether oxygens (including phenoxy) is 4. The van der Waals surface area contributed by atoms with E-state index < -0.39 is 0 Å². The summed E-state index contributed by atoms with van der Waals surface area (Å²) in [4.78, 5) is 2.32. The van der Waals surface area contributed by atoms with Crippen molar-refractivity contribution in [1.82, 2.24) is 0 Å². The third-order valence-electron chi connectivity index (χ3n) is 7.89. The first-order chi connectivity index (χ1) is 23.2. The van der Waals surface area contributed by atoms with Crippen molar-refractivity contribution in [3.63, 3.8) is 0 Å². The fourth-order valence-corrected chi connectivity index (χ4v) is 10.8. The van der Waals surface area contributed by atoms with Crippen LogP contribution in [0.25, 0.3) is 61.9 Å². The smallest absolute Gasteiger partial charge is 0.131 e. The van der Waals surface area contributed by atoms with E-state index in [-0.39, 0.29) is 0 Å². The maximum absolute atomic E-state index is 6.25. The standard InChI is InChI=1S/C40H36O4S3/c1-5-41-27-21-15-22-28(42-6-2)33(27)35-31(25-17-11-9-12-18-25)37-39(45-35)40-38(47-37)32(26-19-13-10-14-20-26)36(46-40)34-29(43-7-3)23-16-24-30(34)44-8-4/h9-24H,5-8H2,1-4H3. The van der Waals surface area contributed by atoms with E-state index in [4.69, 9.17) is 18.9 Å². The molecule has 47 heavy (non-hydrogen) atoms. The SMILES string of the molecule is CCOc1cccc(OCC)c1-c1sc2c(sc3c(-c4ccccc4)c(-c4c(OCC)cccc4OCC)sc32)c1-c1ccccc1. The Morgan fingerprint density at radius 2 is 0.702 bits per heavy atom. The largest absolute Gasteiger partial charge is 0.493 e. The van der Waals surface area contributed by atoms with Crippen molar-refractivity contribution in [2.75, 3.05) is 26.4 Å². The van der Waals surface area contributed by atoms with Gasteiger partial charge in [0.15, 0.2) is 0 Å². The minimum absolute atomic E-state index is 0.573. The molecule has 0 fully saturated rings. The molecule has 238 valence electrons. The van der Waals surface area contributed by atoms with Gasteiger partial charge in [0.1, 0.15) is 23.0 Å². The lowest BCUT2D eigenvalue weighted by molar-refractivity contribution is 0.325. The number of rotatable bonds is 12. The van der Waals surface area contributed by atoms with Gasteiger partial charge in [0.2, 0.25) is 0 Å². The van der Waals surface area contributed by atoms with Crippen molar-refractivity contribution >= 4 is 52.8 Å². The summed E-state index contributed by atoms with van der Waals surface area (Å²) in [5.41, 5.74) is 6.82. The fourth-order valence-electron chi connectivity index (χ4n) is 6.09. The highest BCUT2D eigenvalue weighted by molar-refractivity contribution is 7.41. The van der Waals surface area contributed by atoms with Crippen LogP contribution >= 0.6 is 34.0 Å². The molecule has 0 atom stereocenters. The third-order valence-corrected chi connectivity index (χ3v) is 12.0. The maximum Gasteiger partial charge on any atom is 0.131 e. The van der Waals surface area contributed by atoms with E-state index in [1.807, 2.05) is 73.8 Å². The van der Waals surface area contributed by atoms with E-state index in [1.54, 1.807) is 0 Å². The number of hydrogen-bond donors (Lipinski definition) is 0. The molecule has 4 aromatic carbocycles. The summed E-state index contributed by atoms with van der Waals surface area (Å²) in [5, 5.41) is 0. The Labute approximate surface area is 287 Å². The van der Waals surface area contributed by atoms with Gasteiger partial charge < -0.3 is 18.9 Å². The Kier molecular flexibility index (Phi) is 9.21. The Morgan fingerprint density at radius 3 is 1.02 bits per heavy atom. The predicted molar refractivity (Wildman–Crippen MR) is 202 cm³/mol. The average Bonchev–Trinajstić information content (AvgIpc) is 3.75. The summed E-state index contributed by atoms with van der Waals surface area (Å²) in [6.07, 6.45) is 0. The van der Waals surface area contributed by atoms with Crippen LogP contribution in [0.4, 0.5) is 0 Å². The quantitative estimate of drug-likeness (QED) is 0.129. The molecule has 0 aliphatic carbocycles. The molecule has 0 saturated heterocycles. The molecule has 0 spiro atoms. The lowest BCUT2D eigenvalue weighted by Crippen LogP contribution is -1.99. The van der Waals surface area contributed by atoms with E-state index in [0.717, 1.165) is 43.9 Å². The molecule has 3 heterocycles. The molecule has 3 aromatic heterocycles. The molecule has 0 bridgehead atoms. The van der Waals surface area contributed by atoms with Crippen molar-refractivity contribution in [2.45, 2.75) is 27.7 Å². The first kappa shape index (κ1) is 31.3. The predicted octanol–water partition coefficient (Wildman–Crippen LogP) is 12.4. The topological polar surface area (TPSA) is 36.9 Å². The van der Waals surface area contributed by atoms with Gasteiger partial charge in [0.25, 0.3) is 0 Å². The number of hydrogen-bond acceptors (Lipinski definition) is 7. The van der Waals surface area contributed by atoms with Crippen LogP contribution in [0.1, 0.15) is 27.7 Å². The van der Waals surface area contributed by atoms with Gasteiger partial charge in [-0.05, 0) is 63.1 Å². The minimum Gasteiger partial charge on any atom is -0.493 e. The average molecular weight is 677 g/mol. The van der Waals surface area contributed by atoms with Crippen molar-refractivity contribution in [2.24, 2.45) is 0 Å². The second-order valence-electron chi connectivity index (χ2n) is 10.8. The van der Waals surface area contributed by atoms with E-state index >= 15 is 0 Å². The Morgan fingerprint density at radius 1 is 0.362 bits per heavy atom. The van der Waals surface area contributed by atoms with Gasteiger partial charge in [-0.2, -0.15) is 0 Å². The second kappa shape index (κ2) is 13.8. The molecule has 0 aliphatic heterocycles. The van der Waals surface area contributed by atoms with E-state index in [2.05, 4.69) is 84.9 Å². The molecular formula is C40H36O4S3. The van der Waals surface area contributed by atoms with Gasteiger partial charge in [0, 0.05) is 11.1 Å². The zero-order valence-corrected chi connectivity index (χ0v) is 29.4. The zero-order valence-electron chi connectivity index (χ0n) is 26.9. The normalized spacial score (nSPS) is 11.3. The van der Waals surface area contributed by atoms with Crippen LogP contribution in [0, 0.1) is 0 Å². The lowest BCUT2D eigenvalue weighted by Gasteiger charge is -2.16. The molecule has 0 amide bonds. The van der Waals surface area contributed by atoms with Crippen LogP contribution in [-0.2, 0) is 0 Å². The summed E-state index contributed by atoms with van der Waals surface area (Å²) in [7, 11) is 0. The number of fused-ring (bicyclic) bond motifs is 3. The van der Waals surface area contributed by atoms with Crippen LogP contribution in [0.15, 0.2) is 97.1 Å². The third kappa shape index (κ3) is 5.67. The van der Waals surface area contributed by atoms with Crippen LogP contribution in [0.3, 0.4) is 0 Å². The maximum atomic E-state index is 6.25. The number of thiophene rings is 3. The first-order valence-electron chi connectivity index (χ1n) is 16.1. The molecule has 7 heteroatoms. The molecule has 0 unspecified atom stereocenters. The van der Waals surface area contributed by atoms with Crippen molar-refractivity contribution in [1.29, 1.82) is 0 Å². The Bertz CT molecular complexity index is 1940. The molecule has 7 aromatic rings. The second-order valence-corrected chi connectivity index (χ2v) is 13.8. The molecule has 0 N–H and O–H groups in total. The van der Waals surface area contributed by atoms with Gasteiger partial charge in [0.05, 0.1) is 66.1 Å². The highest BCUT2D eigenvalue weighted by Gasteiger charge is 2.29. The molecule has 0 radical (unpaired) electrons. The van der Waals surface area contributed by atoms with Gasteiger partial charge in [-0.15, -0.1) is 34.0 Å². The van der Waals surface area contributed by atoms with E-state index in [0.29, 0.717) is 26.4 Å². The minimum atomic E-state index is 0.573. The zero-order chi connectivity index (χ0) is 32.3. The Hall–Kier alpha value is -4.30. The van der Waals surface area contributed by atoms with Crippen molar-refractivity contribution in [3.8, 4) is 66.1 Å². The van der Waals surface area contributed by atoms with E-state index in [9.17, 15) is 0 Å². The fraction of sp³-hybridized carbons (Fsp3) is 0.200. The lowest BCUT2D eigenvalue weighted by atomic mass is 10.0. The molecular weight excluding hydrogens is 641 g/mol. The molecule has 0 aliphatic rings. The van der Waals surface area contributed by atoms with Crippen LogP contribution < -0.4 is 18.9 Å². The summed E-state index contributed by atoms with van der Waals surface area (Å²) < 4.78 is 30.1. The molecule has 7 rings (SSSR count). The highest BCUT2D eigenvalue weighted by Crippen LogP contribution is 2.60. The molecule has 4 nitrogen and oxygen atoms in total. The van der Waals surface area contributed by atoms with Crippen LogP contribution in [0.2, 0.25) is 0 Å². The van der Waals surface area contributed by atoms with Crippen LogP contribution in [0.5, 0.6) is 23.0 Å². The van der Waals surface area contributed by atoms with Crippen molar-refractivity contribution < 1.29 is 18.9 Å².